The maximum Gasteiger partial charge on any atom is 0.324 e. The molecule has 0 aliphatic rings. The van der Waals surface area contributed by atoms with Gasteiger partial charge in [0.15, 0.2) is 5.41 Å². The first-order valence-electron chi connectivity index (χ1n) is 14.9. The molecule has 8 nitrogen and oxygen atoms in total. The van der Waals surface area contributed by atoms with E-state index in [1.165, 1.54) is 6.92 Å². The first-order valence-corrected chi connectivity index (χ1v) is 14.9. The van der Waals surface area contributed by atoms with Gasteiger partial charge in [0.2, 0.25) is 0 Å². The quantitative estimate of drug-likeness (QED) is 0.0709. The number of carbonyl (C=O) groups is 4. The molecule has 0 aromatic rings. The van der Waals surface area contributed by atoms with Crippen LogP contribution < -0.4 is 0 Å². The Morgan fingerprint density at radius 2 is 1.18 bits per heavy atom. The van der Waals surface area contributed by atoms with E-state index in [4.69, 9.17) is 18.9 Å². The molecule has 0 amide bonds. The minimum atomic E-state index is -1.47. The molecule has 0 rings (SSSR count). The second-order valence-electron chi connectivity index (χ2n) is 12.4. The number of carbonyl (C=O) groups excluding carboxylic acids is 4. The van der Waals surface area contributed by atoms with Crippen molar-refractivity contribution in [2.45, 2.75) is 163 Å². The van der Waals surface area contributed by atoms with Crippen LogP contribution >= 0.6 is 0 Å². The van der Waals surface area contributed by atoms with E-state index in [0.29, 0.717) is 38.7 Å². The third-order valence-corrected chi connectivity index (χ3v) is 6.21. The van der Waals surface area contributed by atoms with E-state index < -0.39 is 28.6 Å². The Labute approximate surface area is 237 Å². The summed E-state index contributed by atoms with van der Waals surface area (Å²) in [5.74, 6) is -1.70. The van der Waals surface area contributed by atoms with Crippen LogP contribution in [0.3, 0.4) is 0 Å². The molecule has 0 aliphatic carbocycles. The highest BCUT2D eigenvalue weighted by molar-refractivity contribution is 6.00. The molecule has 0 aliphatic heterocycles. The highest BCUT2D eigenvalue weighted by Crippen LogP contribution is 2.38. The normalized spacial score (nSPS) is 12.9. The second kappa shape index (κ2) is 18.3. The summed E-state index contributed by atoms with van der Waals surface area (Å²) >= 11 is 0. The summed E-state index contributed by atoms with van der Waals surface area (Å²) in [5.41, 5.74) is -3.01. The van der Waals surface area contributed by atoms with Gasteiger partial charge in [-0.2, -0.15) is 0 Å². The Kier molecular flexibility index (Phi) is 17.3. The van der Waals surface area contributed by atoms with Crippen molar-refractivity contribution >= 4 is 23.9 Å². The lowest BCUT2D eigenvalue weighted by molar-refractivity contribution is -0.187. The molecule has 0 spiro atoms. The Hall–Kier alpha value is -2.12. The van der Waals surface area contributed by atoms with E-state index in [1.54, 1.807) is 48.5 Å². The van der Waals surface area contributed by atoms with Crippen molar-refractivity contribution < 1.29 is 38.1 Å². The van der Waals surface area contributed by atoms with Crippen LogP contribution in [0.25, 0.3) is 0 Å². The fourth-order valence-electron chi connectivity index (χ4n) is 4.40. The van der Waals surface area contributed by atoms with E-state index >= 15 is 0 Å². The summed E-state index contributed by atoms with van der Waals surface area (Å²) in [6.07, 6.45) is 8.31. The van der Waals surface area contributed by atoms with E-state index in [-0.39, 0.29) is 30.9 Å². The van der Waals surface area contributed by atoms with Crippen molar-refractivity contribution in [3.8, 4) is 0 Å². The molecule has 8 heteroatoms. The lowest BCUT2D eigenvalue weighted by Gasteiger charge is -2.35. The fraction of sp³-hybridized carbons (Fsp3) is 0.871. The number of unbranched alkanes of at least 4 members (excludes halogenated alkanes) is 5. The lowest BCUT2D eigenvalue weighted by atomic mass is 9.77. The number of ether oxygens (including phenoxy) is 4. The number of rotatable bonds is 19. The van der Waals surface area contributed by atoms with Gasteiger partial charge in [0.1, 0.15) is 17.3 Å². The van der Waals surface area contributed by atoms with Gasteiger partial charge in [0, 0.05) is 13.3 Å². The number of esters is 4. The van der Waals surface area contributed by atoms with Crippen LogP contribution in [0, 0.1) is 5.41 Å². The molecule has 1 atom stereocenters. The van der Waals surface area contributed by atoms with E-state index in [9.17, 15) is 19.2 Å². The van der Waals surface area contributed by atoms with Gasteiger partial charge in [-0.25, -0.2) is 0 Å². The number of hydrogen-bond acceptors (Lipinski definition) is 8. The van der Waals surface area contributed by atoms with Crippen molar-refractivity contribution in [2.75, 3.05) is 6.61 Å². The van der Waals surface area contributed by atoms with Crippen molar-refractivity contribution in [1.29, 1.82) is 0 Å². The molecule has 228 valence electrons. The second-order valence-corrected chi connectivity index (χ2v) is 12.4. The minimum Gasteiger partial charge on any atom is -0.466 e. The van der Waals surface area contributed by atoms with Crippen LogP contribution in [0.1, 0.15) is 146 Å². The maximum atomic E-state index is 13.7. The SMILES string of the molecule is CCCCCC(CCCC(CCCCCCC(=O)OCC)(C(=O)OC(C)(C)C)C(=O)OC(C)(C)C)OC(C)=O. The van der Waals surface area contributed by atoms with Crippen LogP contribution in [-0.4, -0.2) is 47.8 Å². The highest BCUT2D eigenvalue weighted by Gasteiger charge is 2.50. The Balaban J connectivity index is 5.76. The fourth-order valence-corrected chi connectivity index (χ4v) is 4.40. The molecule has 0 fully saturated rings. The van der Waals surface area contributed by atoms with Crippen LogP contribution in [0.5, 0.6) is 0 Å². The maximum absolute atomic E-state index is 13.7. The Morgan fingerprint density at radius 3 is 1.67 bits per heavy atom. The average molecular weight is 557 g/mol. The monoisotopic (exact) mass is 556 g/mol. The van der Waals surface area contributed by atoms with E-state index in [0.717, 1.165) is 38.5 Å². The summed E-state index contributed by atoms with van der Waals surface area (Å²) in [7, 11) is 0. The van der Waals surface area contributed by atoms with Crippen LogP contribution in [0.4, 0.5) is 0 Å². The molecule has 0 bridgehead atoms. The van der Waals surface area contributed by atoms with Gasteiger partial charge in [-0.15, -0.1) is 0 Å². The van der Waals surface area contributed by atoms with Crippen LogP contribution in [-0.2, 0) is 38.1 Å². The zero-order chi connectivity index (χ0) is 30.1. The third kappa shape index (κ3) is 17.2. The minimum absolute atomic E-state index is 0.212. The Bertz CT molecular complexity index is 717. The standard InChI is InChI=1S/C31H56O8/c1-10-12-15-19-25(37-24(3)32)20-18-23-31(27(34)38-29(4,5)6,28(35)39-30(7,8)9)22-17-14-13-16-21-26(33)36-11-2/h25H,10-23H2,1-9H3. The molecule has 0 aromatic carbocycles. The predicted molar refractivity (Wildman–Crippen MR) is 152 cm³/mol. The van der Waals surface area contributed by atoms with Gasteiger partial charge >= 0.3 is 23.9 Å². The van der Waals surface area contributed by atoms with Gasteiger partial charge in [0.25, 0.3) is 0 Å². The first kappa shape index (κ1) is 36.9. The first-order chi connectivity index (χ1) is 18.1. The van der Waals surface area contributed by atoms with Crippen molar-refractivity contribution in [3.63, 3.8) is 0 Å². The molecule has 39 heavy (non-hydrogen) atoms. The molecule has 0 radical (unpaired) electrons. The van der Waals surface area contributed by atoms with Crippen molar-refractivity contribution in [3.05, 3.63) is 0 Å². The lowest BCUT2D eigenvalue weighted by Crippen LogP contribution is -2.47. The summed E-state index contributed by atoms with van der Waals surface area (Å²) in [5, 5.41) is 0. The Morgan fingerprint density at radius 1 is 0.667 bits per heavy atom. The highest BCUT2D eigenvalue weighted by atomic mass is 16.6. The third-order valence-electron chi connectivity index (χ3n) is 6.21. The zero-order valence-electron chi connectivity index (χ0n) is 26.2. The number of hydrogen-bond donors (Lipinski definition) is 0. The van der Waals surface area contributed by atoms with Crippen molar-refractivity contribution in [2.24, 2.45) is 5.41 Å². The smallest absolute Gasteiger partial charge is 0.324 e. The van der Waals surface area contributed by atoms with Crippen LogP contribution in [0.15, 0.2) is 0 Å². The molecule has 0 saturated carbocycles. The molecule has 0 saturated heterocycles. The largest absolute Gasteiger partial charge is 0.466 e. The van der Waals surface area contributed by atoms with E-state index in [2.05, 4.69) is 6.92 Å². The van der Waals surface area contributed by atoms with Gasteiger partial charge in [-0.05, 0) is 93.4 Å². The zero-order valence-corrected chi connectivity index (χ0v) is 26.2. The average Bonchev–Trinajstić information content (AvgIpc) is 2.77. The molecule has 0 aromatic heterocycles. The summed E-state index contributed by atoms with van der Waals surface area (Å²) in [6.45, 7) is 16.4. The topological polar surface area (TPSA) is 105 Å². The summed E-state index contributed by atoms with van der Waals surface area (Å²) in [4.78, 5) is 50.7. The van der Waals surface area contributed by atoms with Gasteiger partial charge in [0.05, 0.1) is 6.61 Å². The van der Waals surface area contributed by atoms with Gasteiger partial charge < -0.3 is 18.9 Å². The van der Waals surface area contributed by atoms with Gasteiger partial charge in [-0.1, -0.05) is 39.0 Å². The van der Waals surface area contributed by atoms with Crippen molar-refractivity contribution in [1.82, 2.24) is 0 Å². The van der Waals surface area contributed by atoms with E-state index in [1.807, 2.05) is 0 Å². The molecule has 1 unspecified atom stereocenters. The molecule has 0 heterocycles. The molecular formula is C31H56O8. The molecular weight excluding hydrogens is 500 g/mol. The predicted octanol–water partition coefficient (Wildman–Crippen LogP) is 7.24. The summed E-state index contributed by atoms with van der Waals surface area (Å²) in [6, 6.07) is 0. The summed E-state index contributed by atoms with van der Waals surface area (Å²) < 4.78 is 22.1. The van der Waals surface area contributed by atoms with Crippen LogP contribution in [0.2, 0.25) is 0 Å². The molecule has 0 N–H and O–H groups in total. The van der Waals surface area contributed by atoms with Gasteiger partial charge in [-0.3, -0.25) is 19.2 Å².